The van der Waals surface area contributed by atoms with E-state index in [4.69, 9.17) is 14.6 Å². The second-order valence-corrected chi connectivity index (χ2v) is 11.0. The molecule has 1 aliphatic rings. The van der Waals surface area contributed by atoms with Gasteiger partial charge in [0, 0.05) is 24.5 Å². The van der Waals surface area contributed by atoms with Crippen LogP contribution < -0.4 is 36.4 Å². The summed E-state index contributed by atoms with van der Waals surface area (Å²) in [5.74, 6) is -4.79. The lowest BCUT2D eigenvalue weighted by molar-refractivity contribution is -0.344. The van der Waals surface area contributed by atoms with Crippen molar-refractivity contribution in [1.29, 1.82) is 0 Å². The maximum Gasteiger partial charge on any atom is 0.430 e. The van der Waals surface area contributed by atoms with Gasteiger partial charge in [0.1, 0.15) is 30.5 Å². The largest absolute Gasteiger partial charge is 0.542 e. The smallest absolute Gasteiger partial charge is 0.430 e. The number of carbonyl (C=O) groups is 6. The molecule has 2 atom stereocenters. The van der Waals surface area contributed by atoms with Crippen LogP contribution >= 0.6 is 0 Å². The summed E-state index contributed by atoms with van der Waals surface area (Å²) in [7, 11) is 0. The number of aromatic nitrogens is 1. The minimum absolute atomic E-state index is 0.000864. The molecule has 5 amide bonds. The Hall–Kier alpha value is -5.46. The number of aliphatic carboxylic acids is 1. The monoisotopic (exact) mass is 696 g/mol. The molecule has 0 saturated carbocycles. The Morgan fingerprint density at radius 3 is 2.08 bits per heavy atom. The predicted molar refractivity (Wildman–Crippen MR) is 157 cm³/mol. The summed E-state index contributed by atoms with van der Waals surface area (Å²) >= 11 is 0. The number of carboxylic acid groups (broad SMARTS) is 2. The number of rotatable bonds is 13. The van der Waals surface area contributed by atoms with Gasteiger partial charge in [-0.3, -0.25) is 29.4 Å². The first-order valence-corrected chi connectivity index (χ1v) is 14.6. The number of nitrogens with one attached hydrogen (secondary N) is 4. The van der Waals surface area contributed by atoms with Gasteiger partial charge >= 0.3 is 6.18 Å². The van der Waals surface area contributed by atoms with E-state index >= 15 is 0 Å². The molecule has 0 bridgehead atoms. The molecule has 1 aliphatic heterocycles. The summed E-state index contributed by atoms with van der Waals surface area (Å²) in [6.07, 6.45) is -6.39. The highest BCUT2D eigenvalue weighted by Crippen LogP contribution is 2.37. The van der Waals surface area contributed by atoms with Gasteiger partial charge in [-0.25, -0.2) is 5.48 Å². The number of hydrogen-bond donors (Lipinski definition) is 5. The van der Waals surface area contributed by atoms with E-state index in [9.17, 15) is 47.5 Å². The zero-order valence-electron chi connectivity index (χ0n) is 26.6. The third kappa shape index (κ3) is 12.3. The summed E-state index contributed by atoms with van der Waals surface area (Å²) in [6.45, 7) is 5.24. The Morgan fingerprint density at radius 1 is 1.00 bits per heavy atom. The second kappa shape index (κ2) is 17.6. The van der Waals surface area contributed by atoms with E-state index in [2.05, 4.69) is 15.6 Å². The Bertz CT molecular complexity index is 1500. The first-order chi connectivity index (χ1) is 22.9. The lowest BCUT2D eigenvalue weighted by Gasteiger charge is -2.29. The molecule has 16 nitrogen and oxygen atoms in total. The number of carboxylic acids is 1. The summed E-state index contributed by atoms with van der Waals surface area (Å²) in [4.78, 5) is 74.4. The van der Waals surface area contributed by atoms with Crippen LogP contribution in [0.1, 0.15) is 42.3 Å². The number of likely N-dealkylation sites (tertiary alicyclic amines) is 1. The Morgan fingerprint density at radius 2 is 1.55 bits per heavy atom. The van der Waals surface area contributed by atoms with Gasteiger partial charge in [-0.05, 0) is 69.0 Å². The number of alkyl halides is 3. The molecule has 1 saturated heterocycles. The third-order valence-electron chi connectivity index (χ3n) is 7.22. The molecule has 1 aromatic heterocycles. The first kappa shape index (κ1) is 39.7. The molecular weight excluding hydrogens is 661 g/mol. The van der Waals surface area contributed by atoms with Gasteiger partial charge in [0.25, 0.3) is 5.91 Å². The second-order valence-electron chi connectivity index (χ2n) is 11.0. The summed E-state index contributed by atoms with van der Waals surface area (Å²) in [6, 6.07) is 10.1. The highest BCUT2D eigenvalue weighted by Gasteiger charge is 2.47. The highest BCUT2D eigenvalue weighted by molar-refractivity contribution is 5.94. The van der Waals surface area contributed by atoms with E-state index in [1.165, 1.54) is 4.90 Å². The van der Waals surface area contributed by atoms with E-state index in [1.54, 1.807) is 29.9 Å². The highest BCUT2D eigenvalue weighted by atomic mass is 19.4. The van der Waals surface area contributed by atoms with Gasteiger partial charge in [-0.2, -0.15) is 13.2 Å². The number of aryl methyl sites for hydroxylation is 2. The van der Waals surface area contributed by atoms with Crippen LogP contribution in [-0.2, 0) is 36.0 Å². The lowest BCUT2D eigenvalue weighted by atomic mass is 9.81. The van der Waals surface area contributed by atoms with Gasteiger partial charge in [0.15, 0.2) is 0 Å². The number of halogens is 3. The van der Waals surface area contributed by atoms with Crippen molar-refractivity contribution in [2.75, 3.05) is 26.2 Å². The van der Waals surface area contributed by atoms with E-state index in [0.717, 1.165) is 22.5 Å². The fourth-order valence-corrected chi connectivity index (χ4v) is 4.83. The Balaban J connectivity index is 0.00000107. The zero-order chi connectivity index (χ0) is 36.9. The molecule has 2 unspecified atom stereocenters. The molecule has 19 heteroatoms. The van der Waals surface area contributed by atoms with E-state index in [-0.39, 0.29) is 25.4 Å². The van der Waals surface area contributed by atoms with Crippen molar-refractivity contribution in [2.24, 2.45) is 0 Å². The van der Waals surface area contributed by atoms with Crippen molar-refractivity contribution in [3.63, 3.8) is 0 Å². The van der Waals surface area contributed by atoms with Crippen molar-refractivity contribution >= 4 is 35.7 Å². The number of benzene rings is 1. The molecule has 1 aromatic carbocycles. The van der Waals surface area contributed by atoms with Crippen molar-refractivity contribution in [3.05, 3.63) is 58.9 Å². The summed E-state index contributed by atoms with van der Waals surface area (Å²) in [5, 5.41) is 34.9. The summed E-state index contributed by atoms with van der Waals surface area (Å²) < 4.78 is 37.5. The van der Waals surface area contributed by atoms with Crippen LogP contribution in [0, 0.1) is 13.8 Å². The minimum Gasteiger partial charge on any atom is -0.542 e. The molecule has 0 radical (unpaired) electrons. The third-order valence-corrected chi connectivity index (χ3v) is 7.22. The van der Waals surface area contributed by atoms with Crippen LogP contribution in [0.15, 0.2) is 36.4 Å². The lowest BCUT2D eigenvalue weighted by Crippen LogP contribution is -2.50. The minimum atomic E-state index is -5.19. The van der Waals surface area contributed by atoms with Crippen LogP contribution in [0.5, 0.6) is 5.75 Å². The average Bonchev–Trinajstić information content (AvgIpc) is 3.33. The van der Waals surface area contributed by atoms with Crippen LogP contribution in [-0.4, -0.2) is 89.2 Å². The van der Waals surface area contributed by atoms with Crippen LogP contribution in [0.2, 0.25) is 0 Å². The number of hydroxylamine groups is 1. The normalized spacial score (nSPS) is 16.1. The van der Waals surface area contributed by atoms with Gasteiger partial charge < -0.3 is 45.4 Å². The maximum absolute atomic E-state index is 13.6. The fraction of sp³-hybridized carbons (Fsp3) is 0.433. The van der Waals surface area contributed by atoms with Crippen molar-refractivity contribution in [3.8, 4) is 5.75 Å². The molecule has 2 aromatic rings. The van der Waals surface area contributed by atoms with E-state index in [1.807, 2.05) is 38.1 Å². The van der Waals surface area contributed by atoms with Gasteiger partial charge in [0.2, 0.25) is 17.7 Å². The molecule has 268 valence electrons. The number of nitrogens with zero attached hydrogens (tertiary/aromatic N) is 2. The standard InChI is InChI=1S/C28H36N6O8.C2HF3O2/c1-17-12-19(13-18(2)32-17)16-42-21-6-4-20(5-7-21)28(3)9-11-34(26(28)38)22(25(37)33-41)8-10-29-23(35)14-30-24(36)15-31-27(39)40;3-2(4,5)1(6)7/h4-7,12-13,22,31,41H,8-11,14-16H2,1-3H3,(H,29,35)(H,30,36)(H,33,37)(H,39,40);(H,6,7)/p-2. The molecule has 5 N–H and O–H groups in total. The van der Waals surface area contributed by atoms with Crippen molar-refractivity contribution < 1.29 is 62.1 Å². The molecule has 49 heavy (non-hydrogen) atoms. The number of ether oxygens (including phenoxy) is 1. The fourth-order valence-electron chi connectivity index (χ4n) is 4.83. The number of amides is 5. The Labute approximate surface area is 278 Å². The molecule has 2 heterocycles. The van der Waals surface area contributed by atoms with Crippen molar-refractivity contribution in [1.82, 2.24) is 31.3 Å². The average molecular weight is 697 g/mol. The summed E-state index contributed by atoms with van der Waals surface area (Å²) in [5.41, 5.74) is 4.24. The van der Waals surface area contributed by atoms with E-state index in [0.29, 0.717) is 18.8 Å². The van der Waals surface area contributed by atoms with Crippen molar-refractivity contribution in [2.45, 2.75) is 57.9 Å². The molecule has 0 spiro atoms. The van der Waals surface area contributed by atoms with Crippen LogP contribution in [0.4, 0.5) is 18.0 Å². The molecular formula is C30H35F3N6O10-2. The van der Waals surface area contributed by atoms with Gasteiger partial charge in [0.05, 0.1) is 18.5 Å². The topological polar surface area (TPSA) is 242 Å². The molecule has 3 rings (SSSR count). The zero-order valence-corrected chi connectivity index (χ0v) is 26.6. The van der Waals surface area contributed by atoms with Gasteiger partial charge in [-0.1, -0.05) is 12.1 Å². The molecule has 0 aliphatic carbocycles. The number of carbonyl (C=O) groups excluding carboxylic acids is 6. The van der Waals surface area contributed by atoms with Crippen LogP contribution in [0.3, 0.4) is 0 Å². The Kier molecular flexibility index (Phi) is 14.3. The van der Waals surface area contributed by atoms with Crippen LogP contribution in [0.25, 0.3) is 0 Å². The van der Waals surface area contributed by atoms with Gasteiger partial charge in [-0.15, -0.1) is 0 Å². The number of pyridine rings is 1. The number of hydrogen-bond acceptors (Lipinski definition) is 11. The quantitative estimate of drug-likeness (QED) is 0.119. The molecule has 1 fully saturated rings. The van der Waals surface area contributed by atoms with E-state index < -0.39 is 60.5 Å². The maximum atomic E-state index is 13.6. The SMILES string of the molecule is Cc1cc(COc2ccc(C3(C)CCN(C(CCNC(=O)CNC(=O)CNC(=O)[O-])C(=O)NO)C3=O)cc2)cc(C)n1.O=C([O-])C(F)(F)F. The first-order valence-electron chi connectivity index (χ1n) is 14.6. The predicted octanol–water partition coefficient (Wildman–Crippen LogP) is -1.50.